The largest absolute Gasteiger partial charge is 0.355 e. The summed E-state index contributed by atoms with van der Waals surface area (Å²) >= 11 is 1.68. The lowest BCUT2D eigenvalue weighted by Crippen LogP contribution is -2.33. The smallest absolute Gasteiger partial charge is 0.191 e. The van der Waals surface area contributed by atoms with E-state index in [2.05, 4.69) is 20.6 Å². The SMILES string of the molecule is Cc1ncsc1CNC1=NCCN1. The molecule has 70 valence electrons. The first kappa shape index (κ1) is 8.50. The van der Waals surface area contributed by atoms with Crippen LogP contribution in [0.3, 0.4) is 0 Å². The summed E-state index contributed by atoms with van der Waals surface area (Å²) in [6.07, 6.45) is 0. The number of hydrogen-bond acceptors (Lipinski definition) is 5. The molecule has 4 nitrogen and oxygen atoms in total. The summed E-state index contributed by atoms with van der Waals surface area (Å²) in [5, 5.41) is 6.40. The first-order valence-corrected chi connectivity index (χ1v) is 5.15. The topological polar surface area (TPSA) is 49.3 Å². The van der Waals surface area contributed by atoms with Crippen LogP contribution >= 0.6 is 11.3 Å². The van der Waals surface area contributed by atoms with Gasteiger partial charge in [0.05, 0.1) is 24.3 Å². The Morgan fingerprint density at radius 2 is 2.62 bits per heavy atom. The molecule has 0 atom stereocenters. The molecule has 0 bridgehead atoms. The van der Waals surface area contributed by atoms with Gasteiger partial charge in [-0.3, -0.25) is 4.99 Å². The monoisotopic (exact) mass is 196 g/mol. The molecule has 1 aromatic heterocycles. The fourth-order valence-electron chi connectivity index (χ4n) is 1.18. The quantitative estimate of drug-likeness (QED) is 0.724. The zero-order valence-corrected chi connectivity index (χ0v) is 8.32. The van der Waals surface area contributed by atoms with Gasteiger partial charge < -0.3 is 10.6 Å². The molecule has 0 amide bonds. The van der Waals surface area contributed by atoms with Crippen molar-refractivity contribution in [2.24, 2.45) is 4.99 Å². The van der Waals surface area contributed by atoms with Crippen molar-refractivity contribution in [3.05, 3.63) is 16.1 Å². The molecule has 13 heavy (non-hydrogen) atoms. The van der Waals surface area contributed by atoms with E-state index in [1.54, 1.807) is 11.3 Å². The van der Waals surface area contributed by atoms with E-state index in [4.69, 9.17) is 0 Å². The van der Waals surface area contributed by atoms with Crippen molar-refractivity contribution >= 4 is 17.3 Å². The van der Waals surface area contributed by atoms with Gasteiger partial charge in [-0.05, 0) is 6.92 Å². The Kier molecular flexibility index (Phi) is 2.44. The standard InChI is InChI=1S/C8H12N4S/c1-6-7(13-5-12-6)4-11-8-9-2-3-10-8/h5H,2-4H2,1H3,(H2,9,10,11). The second kappa shape index (κ2) is 3.74. The maximum atomic E-state index is 4.24. The number of guanidine groups is 1. The zero-order valence-electron chi connectivity index (χ0n) is 7.50. The van der Waals surface area contributed by atoms with E-state index in [1.165, 1.54) is 4.88 Å². The third kappa shape index (κ3) is 1.98. The molecule has 1 aromatic rings. The van der Waals surface area contributed by atoms with Gasteiger partial charge in [-0.2, -0.15) is 0 Å². The Morgan fingerprint density at radius 3 is 3.23 bits per heavy atom. The second-order valence-electron chi connectivity index (χ2n) is 2.87. The van der Waals surface area contributed by atoms with Gasteiger partial charge in [0.2, 0.25) is 0 Å². The van der Waals surface area contributed by atoms with Crippen molar-refractivity contribution in [2.75, 3.05) is 13.1 Å². The molecular formula is C8H12N4S. The van der Waals surface area contributed by atoms with Crippen LogP contribution in [0, 0.1) is 6.92 Å². The highest BCUT2D eigenvalue weighted by Gasteiger charge is 2.05. The number of hydrogen-bond donors (Lipinski definition) is 2. The highest BCUT2D eigenvalue weighted by molar-refractivity contribution is 7.09. The average Bonchev–Trinajstić information content (AvgIpc) is 2.72. The number of aliphatic imine (C=N–C) groups is 1. The molecule has 0 saturated heterocycles. The third-order valence-electron chi connectivity index (χ3n) is 1.94. The maximum Gasteiger partial charge on any atom is 0.191 e. The molecule has 2 N–H and O–H groups in total. The van der Waals surface area contributed by atoms with Crippen molar-refractivity contribution in [3.8, 4) is 0 Å². The second-order valence-corrected chi connectivity index (χ2v) is 3.81. The van der Waals surface area contributed by atoms with Crippen LogP contribution in [0.4, 0.5) is 0 Å². The summed E-state index contributed by atoms with van der Waals surface area (Å²) in [4.78, 5) is 9.70. The van der Waals surface area contributed by atoms with Crippen molar-refractivity contribution in [1.82, 2.24) is 15.6 Å². The van der Waals surface area contributed by atoms with E-state index in [1.807, 2.05) is 12.4 Å². The fraction of sp³-hybridized carbons (Fsp3) is 0.500. The fourth-order valence-corrected chi connectivity index (χ4v) is 1.89. The number of rotatable bonds is 2. The molecule has 0 saturated carbocycles. The number of thiazole rings is 1. The molecule has 0 radical (unpaired) electrons. The van der Waals surface area contributed by atoms with E-state index >= 15 is 0 Å². The van der Waals surface area contributed by atoms with E-state index in [0.717, 1.165) is 31.3 Å². The minimum absolute atomic E-state index is 0.822. The van der Waals surface area contributed by atoms with Crippen LogP contribution in [0.5, 0.6) is 0 Å². The summed E-state index contributed by atoms with van der Waals surface area (Å²) in [6, 6.07) is 0. The molecule has 1 aliphatic rings. The summed E-state index contributed by atoms with van der Waals surface area (Å²) in [6.45, 7) is 4.67. The van der Waals surface area contributed by atoms with Crippen molar-refractivity contribution in [1.29, 1.82) is 0 Å². The predicted molar refractivity (Wildman–Crippen MR) is 54.0 cm³/mol. The van der Waals surface area contributed by atoms with Crippen LogP contribution in [0.1, 0.15) is 10.6 Å². The van der Waals surface area contributed by atoms with Gasteiger partial charge in [0.15, 0.2) is 5.96 Å². The van der Waals surface area contributed by atoms with Crippen LogP contribution in [-0.4, -0.2) is 24.0 Å². The van der Waals surface area contributed by atoms with Crippen molar-refractivity contribution < 1.29 is 0 Å². The lowest BCUT2D eigenvalue weighted by molar-refractivity contribution is 0.870. The lowest BCUT2D eigenvalue weighted by Gasteiger charge is -2.04. The first-order valence-electron chi connectivity index (χ1n) is 4.27. The Morgan fingerprint density at radius 1 is 1.69 bits per heavy atom. The Balaban J connectivity index is 1.89. The van der Waals surface area contributed by atoms with Crippen LogP contribution in [0.2, 0.25) is 0 Å². The van der Waals surface area contributed by atoms with Crippen LogP contribution < -0.4 is 10.6 Å². The van der Waals surface area contributed by atoms with Gasteiger partial charge in [-0.1, -0.05) is 0 Å². The van der Waals surface area contributed by atoms with Crippen molar-refractivity contribution in [3.63, 3.8) is 0 Å². The van der Waals surface area contributed by atoms with Crippen LogP contribution in [-0.2, 0) is 6.54 Å². The van der Waals surface area contributed by atoms with Gasteiger partial charge in [0, 0.05) is 11.4 Å². The molecule has 2 heterocycles. The number of nitrogens with zero attached hydrogens (tertiary/aromatic N) is 2. The van der Waals surface area contributed by atoms with E-state index in [9.17, 15) is 0 Å². The van der Waals surface area contributed by atoms with Gasteiger partial charge in [-0.25, -0.2) is 4.98 Å². The number of aromatic nitrogens is 1. The molecule has 5 heteroatoms. The molecular weight excluding hydrogens is 184 g/mol. The van der Waals surface area contributed by atoms with Gasteiger partial charge in [0.1, 0.15) is 0 Å². The number of aryl methyl sites for hydroxylation is 1. The summed E-state index contributed by atoms with van der Waals surface area (Å²) in [5.74, 6) is 0.910. The molecule has 0 spiro atoms. The molecule has 0 fully saturated rings. The Bertz CT molecular complexity index is 318. The van der Waals surface area contributed by atoms with E-state index in [0.29, 0.717) is 0 Å². The van der Waals surface area contributed by atoms with E-state index < -0.39 is 0 Å². The first-order chi connectivity index (χ1) is 6.36. The zero-order chi connectivity index (χ0) is 9.10. The van der Waals surface area contributed by atoms with Gasteiger partial charge >= 0.3 is 0 Å². The van der Waals surface area contributed by atoms with Crippen LogP contribution in [0.25, 0.3) is 0 Å². The highest BCUT2D eigenvalue weighted by atomic mass is 32.1. The third-order valence-corrected chi connectivity index (χ3v) is 2.87. The van der Waals surface area contributed by atoms with Gasteiger partial charge in [0.25, 0.3) is 0 Å². The highest BCUT2D eigenvalue weighted by Crippen LogP contribution is 2.10. The minimum Gasteiger partial charge on any atom is -0.355 e. The molecule has 0 aliphatic carbocycles. The van der Waals surface area contributed by atoms with E-state index in [-0.39, 0.29) is 0 Å². The Labute approximate surface area is 81.1 Å². The summed E-state index contributed by atoms with van der Waals surface area (Å²) < 4.78 is 0. The maximum absolute atomic E-state index is 4.24. The van der Waals surface area contributed by atoms with Gasteiger partial charge in [-0.15, -0.1) is 11.3 Å². The summed E-state index contributed by atoms with van der Waals surface area (Å²) in [5.41, 5.74) is 2.98. The summed E-state index contributed by atoms with van der Waals surface area (Å²) in [7, 11) is 0. The lowest BCUT2D eigenvalue weighted by atomic mass is 10.4. The average molecular weight is 196 g/mol. The predicted octanol–water partition coefficient (Wildman–Crippen LogP) is 0.500. The normalized spacial score (nSPS) is 15.3. The Hall–Kier alpha value is -1.10. The molecule has 0 unspecified atom stereocenters. The molecule has 2 rings (SSSR count). The van der Waals surface area contributed by atoms with Crippen LogP contribution in [0.15, 0.2) is 10.5 Å². The minimum atomic E-state index is 0.822. The number of nitrogens with one attached hydrogen (secondary N) is 2. The molecule has 1 aliphatic heterocycles. The van der Waals surface area contributed by atoms with Crippen molar-refractivity contribution in [2.45, 2.75) is 13.5 Å². The molecule has 0 aromatic carbocycles.